The van der Waals surface area contributed by atoms with Crippen molar-refractivity contribution in [3.63, 3.8) is 0 Å². The molecule has 2 aromatic rings. The zero-order valence-electron chi connectivity index (χ0n) is 9.62. The van der Waals surface area contributed by atoms with Gasteiger partial charge in [-0.15, -0.1) is 0 Å². The van der Waals surface area contributed by atoms with E-state index in [-0.39, 0.29) is 5.56 Å². The van der Waals surface area contributed by atoms with Gasteiger partial charge in [-0.25, -0.2) is 13.2 Å². The first kappa shape index (κ1) is 12.6. The second-order valence-electron chi connectivity index (χ2n) is 4.20. The van der Waals surface area contributed by atoms with E-state index < -0.39 is 23.1 Å². The van der Waals surface area contributed by atoms with Gasteiger partial charge in [0.1, 0.15) is 23.1 Å². The number of hydrogen-bond donors (Lipinski definition) is 1. The van der Waals surface area contributed by atoms with Gasteiger partial charge in [0.25, 0.3) is 0 Å². The van der Waals surface area contributed by atoms with Crippen LogP contribution in [0, 0.1) is 17.5 Å². The zero-order chi connectivity index (χ0) is 13.3. The molecule has 0 saturated carbocycles. The largest absolute Gasteiger partial charge is 0.381 e. The number of hydrogen-bond acceptors (Lipinski definition) is 1. The highest BCUT2D eigenvalue weighted by molar-refractivity contribution is 5.36. The van der Waals surface area contributed by atoms with Crippen LogP contribution in [0.15, 0.2) is 42.5 Å². The summed E-state index contributed by atoms with van der Waals surface area (Å²) in [5, 5.41) is 10.3. The minimum Gasteiger partial charge on any atom is -0.381 e. The first-order valence-corrected chi connectivity index (χ1v) is 5.35. The van der Waals surface area contributed by atoms with E-state index in [9.17, 15) is 18.3 Å². The van der Waals surface area contributed by atoms with E-state index in [2.05, 4.69) is 0 Å². The molecule has 0 heterocycles. The van der Waals surface area contributed by atoms with Crippen LogP contribution in [-0.2, 0) is 5.60 Å². The molecule has 0 aliphatic heterocycles. The summed E-state index contributed by atoms with van der Waals surface area (Å²) in [5.74, 6) is -2.01. The third-order valence-corrected chi connectivity index (χ3v) is 2.86. The molecule has 1 unspecified atom stereocenters. The number of halogens is 3. The molecule has 4 heteroatoms. The molecule has 0 saturated heterocycles. The molecule has 1 nitrogen and oxygen atoms in total. The summed E-state index contributed by atoms with van der Waals surface area (Å²) >= 11 is 0. The molecular weight excluding hydrogens is 241 g/mol. The zero-order valence-corrected chi connectivity index (χ0v) is 9.62. The minimum absolute atomic E-state index is 0.0597. The van der Waals surface area contributed by atoms with Crippen molar-refractivity contribution in [2.45, 2.75) is 12.5 Å². The average Bonchev–Trinajstić information content (AvgIpc) is 2.29. The van der Waals surface area contributed by atoms with Crippen LogP contribution in [0.5, 0.6) is 0 Å². The molecule has 1 N–H and O–H groups in total. The molecule has 2 aromatic carbocycles. The monoisotopic (exact) mass is 252 g/mol. The van der Waals surface area contributed by atoms with E-state index in [1.165, 1.54) is 37.3 Å². The highest BCUT2D eigenvalue weighted by Crippen LogP contribution is 2.31. The van der Waals surface area contributed by atoms with Crippen molar-refractivity contribution in [2.75, 3.05) is 0 Å². The molecule has 0 amide bonds. The standard InChI is InChI=1S/C14H11F3O/c1-14(18,9-2-4-10(15)5-3-9)12-7-6-11(16)8-13(12)17/h2-8,18H,1H3. The second-order valence-corrected chi connectivity index (χ2v) is 4.20. The lowest BCUT2D eigenvalue weighted by molar-refractivity contribution is 0.0977. The fourth-order valence-corrected chi connectivity index (χ4v) is 1.81. The maximum atomic E-state index is 13.6. The molecular formula is C14H11F3O. The van der Waals surface area contributed by atoms with Crippen molar-refractivity contribution in [3.05, 3.63) is 71.0 Å². The first-order chi connectivity index (χ1) is 8.41. The predicted molar refractivity (Wildman–Crippen MR) is 61.4 cm³/mol. The summed E-state index contributed by atoms with van der Waals surface area (Å²) in [4.78, 5) is 0. The Morgan fingerprint density at radius 3 is 2.00 bits per heavy atom. The van der Waals surface area contributed by atoms with Crippen molar-refractivity contribution < 1.29 is 18.3 Å². The predicted octanol–water partition coefficient (Wildman–Crippen LogP) is 3.36. The molecule has 0 spiro atoms. The highest BCUT2D eigenvalue weighted by Gasteiger charge is 2.28. The summed E-state index contributed by atoms with van der Waals surface area (Å²) in [7, 11) is 0. The molecule has 0 fully saturated rings. The van der Waals surface area contributed by atoms with E-state index in [4.69, 9.17) is 0 Å². The van der Waals surface area contributed by atoms with Gasteiger partial charge >= 0.3 is 0 Å². The topological polar surface area (TPSA) is 20.2 Å². The van der Waals surface area contributed by atoms with Crippen molar-refractivity contribution in [3.8, 4) is 0 Å². The van der Waals surface area contributed by atoms with Crippen LogP contribution in [-0.4, -0.2) is 5.11 Å². The molecule has 0 radical (unpaired) electrons. The Morgan fingerprint density at radius 2 is 1.44 bits per heavy atom. The lowest BCUT2D eigenvalue weighted by Gasteiger charge is -2.25. The van der Waals surface area contributed by atoms with Gasteiger partial charge in [-0.05, 0) is 36.8 Å². The molecule has 0 aromatic heterocycles. The molecule has 0 aliphatic rings. The molecule has 1 atom stereocenters. The summed E-state index contributed by atoms with van der Waals surface area (Å²) in [5.41, 5.74) is -1.38. The van der Waals surface area contributed by atoms with E-state index in [0.29, 0.717) is 11.6 Å². The first-order valence-electron chi connectivity index (χ1n) is 5.35. The van der Waals surface area contributed by atoms with Crippen LogP contribution in [0.3, 0.4) is 0 Å². The average molecular weight is 252 g/mol. The van der Waals surface area contributed by atoms with Crippen molar-refractivity contribution in [1.29, 1.82) is 0 Å². The van der Waals surface area contributed by atoms with Crippen molar-refractivity contribution in [2.24, 2.45) is 0 Å². The highest BCUT2D eigenvalue weighted by atomic mass is 19.1. The van der Waals surface area contributed by atoms with Crippen LogP contribution in [0.25, 0.3) is 0 Å². The Hall–Kier alpha value is -1.81. The van der Waals surface area contributed by atoms with Gasteiger partial charge in [-0.1, -0.05) is 12.1 Å². The van der Waals surface area contributed by atoms with Gasteiger partial charge in [0, 0.05) is 11.6 Å². The normalized spacial score (nSPS) is 14.3. The maximum absolute atomic E-state index is 13.6. The maximum Gasteiger partial charge on any atom is 0.132 e. The van der Waals surface area contributed by atoms with E-state index in [0.717, 1.165) is 6.07 Å². The lowest BCUT2D eigenvalue weighted by Crippen LogP contribution is -2.24. The van der Waals surface area contributed by atoms with Gasteiger partial charge in [0.2, 0.25) is 0 Å². The number of rotatable bonds is 2. The summed E-state index contributed by atoms with van der Waals surface area (Å²) in [6, 6.07) is 8.00. The SMILES string of the molecule is CC(O)(c1ccc(F)cc1)c1ccc(F)cc1F. The van der Waals surface area contributed by atoms with Gasteiger partial charge in [0.05, 0.1) is 0 Å². The molecule has 0 bridgehead atoms. The van der Waals surface area contributed by atoms with Crippen molar-refractivity contribution in [1.82, 2.24) is 0 Å². The van der Waals surface area contributed by atoms with Crippen LogP contribution >= 0.6 is 0 Å². The van der Waals surface area contributed by atoms with Crippen LogP contribution in [0.1, 0.15) is 18.1 Å². The van der Waals surface area contributed by atoms with E-state index >= 15 is 0 Å². The van der Waals surface area contributed by atoms with Crippen LogP contribution in [0.2, 0.25) is 0 Å². The Bertz CT molecular complexity index is 562. The molecule has 18 heavy (non-hydrogen) atoms. The lowest BCUT2D eigenvalue weighted by atomic mass is 9.88. The Morgan fingerprint density at radius 1 is 0.889 bits per heavy atom. The van der Waals surface area contributed by atoms with Gasteiger partial charge < -0.3 is 5.11 Å². The summed E-state index contributed by atoms with van der Waals surface area (Å²) < 4.78 is 39.3. The van der Waals surface area contributed by atoms with E-state index in [1.807, 2.05) is 0 Å². The minimum atomic E-state index is -1.65. The quantitative estimate of drug-likeness (QED) is 0.868. The van der Waals surface area contributed by atoms with Gasteiger partial charge in [0.15, 0.2) is 0 Å². The van der Waals surface area contributed by atoms with Gasteiger partial charge in [-0.3, -0.25) is 0 Å². The molecule has 94 valence electrons. The molecule has 0 aliphatic carbocycles. The Kier molecular flexibility index (Phi) is 3.13. The Balaban J connectivity index is 2.50. The van der Waals surface area contributed by atoms with E-state index in [1.54, 1.807) is 0 Å². The summed E-state index contributed by atoms with van der Waals surface area (Å²) in [6.45, 7) is 1.37. The fraction of sp³-hybridized carbons (Fsp3) is 0.143. The van der Waals surface area contributed by atoms with Crippen LogP contribution in [0.4, 0.5) is 13.2 Å². The Labute approximate surface area is 103 Å². The van der Waals surface area contributed by atoms with Gasteiger partial charge in [-0.2, -0.15) is 0 Å². The smallest absolute Gasteiger partial charge is 0.132 e. The number of aliphatic hydroxyl groups is 1. The second kappa shape index (κ2) is 4.46. The number of benzene rings is 2. The molecule has 2 rings (SSSR count). The summed E-state index contributed by atoms with van der Waals surface area (Å²) in [6.07, 6.45) is 0. The third-order valence-electron chi connectivity index (χ3n) is 2.86. The fourth-order valence-electron chi connectivity index (χ4n) is 1.81. The van der Waals surface area contributed by atoms with Crippen molar-refractivity contribution >= 4 is 0 Å². The van der Waals surface area contributed by atoms with Crippen LogP contribution < -0.4 is 0 Å². The third kappa shape index (κ3) is 2.24.